The number of amides is 1. The molecule has 0 spiro atoms. The molecule has 1 aliphatic carbocycles. The van der Waals surface area contributed by atoms with Gasteiger partial charge in [0.15, 0.2) is 0 Å². The third-order valence-electron chi connectivity index (χ3n) is 6.02. The maximum atomic E-state index is 13.5. The van der Waals surface area contributed by atoms with Crippen LogP contribution >= 0.6 is 0 Å². The van der Waals surface area contributed by atoms with Gasteiger partial charge in [-0.25, -0.2) is 0 Å². The fourth-order valence-corrected chi connectivity index (χ4v) is 4.53. The highest BCUT2D eigenvalue weighted by Gasteiger charge is 2.28. The van der Waals surface area contributed by atoms with E-state index in [-0.39, 0.29) is 11.9 Å². The first-order chi connectivity index (χ1) is 13.8. The molecule has 2 aromatic carbocycles. The van der Waals surface area contributed by atoms with Crippen LogP contribution < -0.4 is 4.74 Å². The van der Waals surface area contributed by atoms with Gasteiger partial charge in [0.25, 0.3) is 5.91 Å². The summed E-state index contributed by atoms with van der Waals surface area (Å²) in [6.45, 7) is 1.23. The lowest BCUT2D eigenvalue weighted by atomic mass is 9.93. The molecule has 2 heterocycles. The summed E-state index contributed by atoms with van der Waals surface area (Å²) in [7, 11) is 0. The third-order valence-corrected chi connectivity index (χ3v) is 6.02. The molecule has 3 aromatic rings. The lowest BCUT2D eigenvalue weighted by Crippen LogP contribution is -2.40. The van der Waals surface area contributed by atoms with Crippen molar-refractivity contribution in [3.05, 3.63) is 65.4 Å². The number of carbonyl (C=O) groups excluding carboxylic acids is 1. The molecule has 0 radical (unpaired) electrons. The minimum absolute atomic E-state index is 0.0991. The Morgan fingerprint density at radius 1 is 1.04 bits per heavy atom. The van der Waals surface area contributed by atoms with Crippen molar-refractivity contribution in [2.75, 3.05) is 6.61 Å². The van der Waals surface area contributed by atoms with E-state index in [1.807, 2.05) is 41.3 Å². The summed E-state index contributed by atoms with van der Waals surface area (Å²) in [6.07, 6.45) is 6.65. The minimum Gasteiger partial charge on any atom is -0.493 e. The van der Waals surface area contributed by atoms with E-state index < -0.39 is 0 Å². The van der Waals surface area contributed by atoms with E-state index in [2.05, 4.69) is 12.1 Å². The topological polar surface area (TPSA) is 42.7 Å². The van der Waals surface area contributed by atoms with Gasteiger partial charge in [-0.1, -0.05) is 37.5 Å². The largest absolute Gasteiger partial charge is 0.493 e. The van der Waals surface area contributed by atoms with E-state index in [1.165, 1.54) is 19.3 Å². The third kappa shape index (κ3) is 3.28. The number of benzene rings is 2. The summed E-state index contributed by atoms with van der Waals surface area (Å²) < 4.78 is 11.6. The number of hydrogen-bond donors (Lipinski definition) is 0. The van der Waals surface area contributed by atoms with Gasteiger partial charge in [-0.2, -0.15) is 0 Å². The molecule has 0 saturated heterocycles. The molecule has 1 aliphatic heterocycles. The Bertz CT molecular complexity index is 967. The Balaban J connectivity index is 1.45. The van der Waals surface area contributed by atoms with Gasteiger partial charge in [0.05, 0.1) is 13.2 Å². The average molecular weight is 375 g/mol. The molecule has 0 unspecified atom stereocenters. The first-order valence-corrected chi connectivity index (χ1v) is 10.3. The molecule has 0 bridgehead atoms. The zero-order valence-corrected chi connectivity index (χ0v) is 16.0. The van der Waals surface area contributed by atoms with Crippen LogP contribution in [0.4, 0.5) is 0 Å². The zero-order chi connectivity index (χ0) is 18.9. The van der Waals surface area contributed by atoms with E-state index in [0.717, 1.165) is 52.9 Å². The molecule has 4 heteroatoms. The number of rotatable bonds is 4. The van der Waals surface area contributed by atoms with Crippen molar-refractivity contribution >= 4 is 16.9 Å². The number of furan rings is 1. The molecule has 5 rings (SSSR count). The highest BCUT2D eigenvalue weighted by Crippen LogP contribution is 2.30. The normalized spacial score (nSPS) is 16.7. The summed E-state index contributed by atoms with van der Waals surface area (Å²) in [5.74, 6) is 1.87. The molecule has 1 saturated carbocycles. The predicted octanol–water partition coefficient (Wildman–Crippen LogP) is 5.34. The van der Waals surface area contributed by atoms with E-state index in [9.17, 15) is 4.79 Å². The maximum Gasteiger partial charge on any atom is 0.254 e. The van der Waals surface area contributed by atoms with Crippen LogP contribution in [0.2, 0.25) is 0 Å². The van der Waals surface area contributed by atoms with Crippen LogP contribution in [-0.2, 0) is 13.0 Å². The van der Waals surface area contributed by atoms with Gasteiger partial charge < -0.3 is 14.1 Å². The van der Waals surface area contributed by atoms with Crippen LogP contribution in [0.15, 0.2) is 52.9 Å². The first-order valence-electron chi connectivity index (χ1n) is 10.3. The molecule has 0 atom stereocenters. The van der Waals surface area contributed by atoms with Crippen molar-refractivity contribution in [3.63, 3.8) is 0 Å². The number of fused-ring (bicyclic) bond motifs is 2. The second-order valence-electron chi connectivity index (χ2n) is 7.90. The van der Waals surface area contributed by atoms with Crippen LogP contribution in [0.1, 0.15) is 53.8 Å². The number of para-hydroxylation sites is 1. The second-order valence-corrected chi connectivity index (χ2v) is 7.90. The molecule has 1 fully saturated rings. The van der Waals surface area contributed by atoms with Crippen LogP contribution in [0, 0.1) is 0 Å². The fraction of sp³-hybridized carbons (Fsp3) is 0.375. The maximum absolute atomic E-state index is 13.5. The van der Waals surface area contributed by atoms with Gasteiger partial charge in [-0.15, -0.1) is 0 Å². The van der Waals surface area contributed by atoms with Crippen LogP contribution in [-0.4, -0.2) is 23.5 Å². The summed E-state index contributed by atoms with van der Waals surface area (Å²) in [4.78, 5) is 15.5. The average Bonchev–Trinajstić information content (AvgIpc) is 3.37. The van der Waals surface area contributed by atoms with Gasteiger partial charge in [-0.05, 0) is 48.7 Å². The van der Waals surface area contributed by atoms with Crippen LogP contribution in [0.3, 0.4) is 0 Å². The van der Waals surface area contributed by atoms with Crippen molar-refractivity contribution in [2.45, 2.75) is 51.1 Å². The van der Waals surface area contributed by atoms with Crippen LogP contribution in [0.5, 0.6) is 5.75 Å². The summed E-state index contributed by atoms with van der Waals surface area (Å²) in [6, 6.07) is 16.2. The van der Waals surface area contributed by atoms with Crippen molar-refractivity contribution in [1.82, 2.24) is 4.90 Å². The first kappa shape index (κ1) is 17.4. The van der Waals surface area contributed by atoms with E-state index in [0.29, 0.717) is 13.2 Å². The standard InChI is InChI=1S/C24H25NO3/c26-24(19-10-11-22-18(14-19)12-13-27-22)25(20-7-2-1-3-8-20)16-21-15-17-6-4-5-9-23(17)28-21/h4-6,9-11,14-15,20H,1-3,7-8,12-13,16H2. The Morgan fingerprint density at radius 2 is 1.89 bits per heavy atom. The Morgan fingerprint density at radius 3 is 2.75 bits per heavy atom. The molecular formula is C24H25NO3. The summed E-state index contributed by atoms with van der Waals surface area (Å²) >= 11 is 0. The molecule has 1 amide bonds. The molecule has 4 nitrogen and oxygen atoms in total. The quantitative estimate of drug-likeness (QED) is 0.618. The predicted molar refractivity (Wildman–Crippen MR) is 109 cm³/mol. The Kier molecular flexibility index (Phi) is 4.55. The van der Waals surface area contributed by atoms with Gasteiger partial charge in [0, 0.05) is 23.4 Å². The van der Waals surface area contributed by atoms with Crippen molar-refractivity contribution < 1.29 is 13.9 Å². The van der Waals surface area contributed by atoms with Crippen molar-refractivity contribution in [1.29, 1.82) is 0 Å². The summed E-state index contributed by atoms with van der Waals surface area (Å²) in [5, 5.41) is 1.09. The van der Waals surface area contributed by atoms with Crippen molar-refractivity contribution in [2.24, 2.45) is 0 Å². The molecule has 2 aliphatic rings. The van der Waals surface area contributed by atoms with Crippen molar-refractivity contribution in [3.8, 4) is 5.75 Å². The zero-order valence-electron chi connectivity index (χ0n) is 16.0. The molecular weight excluding hydrogens is 350 g/mol. The second kappa shape index (κ2) is 7.34. The number of carbonyl (C=O) groups is 1. The van der Waals surface area contributed by atoms with Gasteiger partial charge in [-0.3, -0.25) is 4.79 Å². The Hall–Kier alpha value is -2.75. The molecule has 144 valence electrons. The molecule has 1 aromatic heterocycles. The minimum atomic E-state index is 0.0991. The lowest BCUT2D eigenvalue weighted by Gasteiger charge is -2.34. The lowest BCUT2D eigenvalue weighted by molar-refractivity contribution is 0.0598. The number of hydrogen-bond acceptors (Lipinski definition) is 3. The SMILES string of the molecule is O=C(c1ccc2c(c1)CCO2)N(Cc1cc2ccccc2o1)C1CCCCC1. The number of nitrogens with zero attached hydrogens (tertiary/aromatic N) is 1. The van der Waals surface area contributed by atoms with E-state index in [1.54, 1.807) is 0 Å². The number of ether oxygens (including phenoxy) is 1. The molecule has 28 heavy (non-hydrogen) atoms. The van der Waals surface area contributed by atoms with Gasteiger partial charge >= 0.3 is 0 Å². The fourth-order valence-electron chi connectivity index (χ4n) is 4.53. The smallest absolute Gasteiger partial charge is 0.254 e. The molecule has 0 N–H and O–H groups in total. The Labute approximate surface area is 165 Å². The van der Waals surface area contributed by atoms with E-state index >= 15 is 0 Å². The summed E-state index contributed by atoms with van der Waals surface area (Å²) in [5.41, 5.74) is 2.77. The van der Waals surface area contributed by atoms with Gasteiger partial charge in [0.1, 0.15) is 17.1 Å². The monoisotopic (exact) mass is 375 g/mol. The van der Waals surface area contributed by atoms with E-state index in [4.69, 9.17) is 9.15 Å². The van der Waals surface area contributed by atoms with Gasteiger partial charge in [0.2, 0.25) is 0 Å². The highest BCUT2D eigenvalue weighted by atomic mass is 16.5. The highest BCUT2D eigenvalue weighted by molar-refractivity contribution is 5.95. The van der Waals surface area contributed by atoms with Crippen LogP contribution in [0.25, 0.3) is 11.0 Å².